The molecule has 0 spiro atoms. The lowest BCUT2D eigenvalue weighted by molar-refractivity contribution is -0.141. The third-order valence-corrected chi connectivity index (χ3v) is 6.01. The molecule has 2 aliphatic heterocycles. The first-order valence-corrected chi connectivity index (χ1v) is 12.1. The number of hydrogen-bond acceptors (Lipinski definition) is 6. The minimum atomic E-state index is -0.489. The van der Waals surface area contributed by atoms with E-state index >= 15 is 0 Å². The fourth-order valence-electron chi connectivity index (χ4n) is 4.21. The van der Waals surface area contributed by atoms with E-state index in [0.717, 1.165) is 37.1 Å². The normalized spacial score (nSPS) is 20.0. The van der Waals surface area contributed by atoms with Crippen LogP contribution in [0.3, 0.4) is 0 Å². The molecular weight excluding hydrogens is 424 g/mol. The minimum Gasteiger partial charge on any atom is -0.466 e. The molecule has 2 aliphatic rings. The van der Waals surface area contributed by atoms with Gasteiger partial charge in [-0.25, -0.2) is 0 Å². The van der Waals surface area contributed by atoms with Gasteiger partial charge in [0.05, 0.1) is 12.7 Å². The van der Waals surface area contributed by atoms with Gasteiger partial charge in [-0.3, -0.25) is 14.4 Å². The fourth-order valence-corrected chi connectivity index (χ4v) is 4.21. The lowest BCUT2D eigenvalue weighted by atomic mass is 10.0. The highest BCUT2D eigenvalue weighted by atomic mass is 16.5. The number of ether oxygens (including phenoxy) is 3. The topological polar surface area (TPSA) is 94.2 Å². The summed E-state index contributed by atoms with van der Waals surface area (Å²) >= 11 is 0. The van der Waals surface area contributed by atoms with Crippen molar-refractivity contribution in [1.82, 2.24) is 4.90 Å². The van der Waals surface area contributed by atoms with Crippen LogP contribution in [0.15, 0.2) is 24.3 Å². The van der Waals surface area contributed by atoms with Crippen molar-refractivity contribution in [3.8, 4) is 0 Å². The molecule has 0 radical (unpaired) electrons. The summed E-state index contributed by atoms with van der Waals surface area (Å²) in [6.45, 7) is 4.01. The van der Waals surface area contributed by atoms with Crippen LogP contribution in [0.4, 0.5) is 5.69 Å². The molecule has 33 heavy (non-hydrogen) atoms. The minimum absolute atomic E-state index is 0.0763. The van der Waals surface area contributed by atoms with Crippen LogP contribution in [-0.2, 0) is 35.0 Å². The Kier molecular flexibility index (Phi) is 10.2. The summed E-state index contributed by atoms with van der Waals surface area (Å²) in [7, 11) is 0. The molecule has 0 bridgehead atoms. The predicted molar refractivity (Wildman–Crippen MR) is 124 cm³/mol. The van der Waals surface area contributed by atoms with Crippen molar-refractivity contribution in [1.29, 1.82) is 0 Å². The zero-order valence-corrected chi connectivity index (χ0v) is 19.6. The molecule has 1 aromatic carbocycles. The van der Waals surface area contributed by atoms with E-state index in [-0.39, 0.29) is 23.9 Å². The van der Waals surface area contributed by atoms with Gasteiger partial charge in [-0.1, -0.05) is 18.2 Å². The molecular formula is C25H36N2O6. The third-order valence-electron chi connectivity index (χ3n) is 6.01. The lowest BCUT2D eigenvalue weighted by Gasteiger charge is -2.30. The number of benzene rings is 1. The second-order valence-corrected chi connectivity index (χ2v) is 8.69. The van der Waals surface area contributed by atoms with Crippen LogP contribution in [0.5, 0.6) is 0 Å². The van der Waals surface area contributed by atoms with E-state index in [1.807, 2.05) is 29.2 Å². The van der Waals surface area contributed by atoms with E-state index < -0.39 is 6.10 Å². The number of carbonyl (C=O) groups excluding carboxylic acids is 3. The van der Waals surface area contributed by atoms with Gasteiger partial charge in [0.2, 0.25) is 5.91 Å². The van der Waals surface area contributed by atoms with Gasteiger partial charge in [-0.15, -0.1) is 0 Å². The lowest BCUT2D eigenvalue weighted by Crippen LogP contribution is -2.40. The summed E-state index contributed by atoms with van der Waals surface area (Å²) in [5.74, 6) is -0.342. The quantitative estimate of drug-likeness (QED) is 0.381. The van der Waals surface area contributed by atoms with Gasteiger partial charge in [0, 0.05) is 51.8 Å². The first-order valence-electron chi connectivity index (χ1n) is 12.1. The summed E-state index contributed by atoms with van der Waals surface area (Å²) in [6, 6.07) is 7.74. The second kappa shape index (κ2) is 13.3. The molecule has 8 nitrogen and oxygen atoms in total. The summed E-state index contributed by atoms with van der Waals surface area (Å²) in [6.07, 6.45) is 5.74. The Bertz CT molecular complexity index is 793. The molecule has 2 atom stereocenters. The van der Waals surface area contributed by atoms with Gasteiger partial charge < -0.3 is 24.4 Å². The molecule has 182 valence electrons. The summed E-state index contributed by atoms with van der Waals surface area (Å²) < 4.78 is 16.6. The van der Waals surface area contributed by atoms with Crippen molar-refractivity contribution in [3.05, 3.63) is 29.8 Å². The number of para-hydroxylation sites is 1. The Morgan fingerprint density at radius 1 is 1.15 bits per heavy atom. The molecule has 1 aromatic rings. The van der Waals surface area contributed by atoms with E-state index in [0.29, 0.717) is 58.4 Å². The van der Waals surface area contributed by atoms with Gasteiger partial charge in [-0.05, 0) is 50.2 Å². The number of rotatable bonds is 12. The zero-order valence-electron chi connectivity index (χ0n) is 19.6. The number of nitrogens with one attached hydrogen (secondary N) is 1. The van der Waals surface area contributed by atoms with Crippen molar-refractivity contribution in [2.24, 2.45) is 0 Å². The standard InChI is InChI=1S/C25H36N2O6/c1-19(28)31-16-8-13-27(18-21-10-4-6-14-32-21)24(29)12-5-7-15-33-23-17-20-9-2-3-11-22(20)26-25(23)30/h2-3,9,11,21,23H,4-8,10,12-18H2,1H3,(H,26,30). The van der Waals surface area contributed by atoms with Crippen LogP contribution in [0.2, 0.25) is 0 Å². The molecule has 1 fully saturated rings. The number of fused-ring (bicyclic) bond motifs is 1. The molecule has 8 heteroatoms. The van der Waals surface area contributed by atoms with E-state index in [2.05, 4.69) is 5.32 Å². The highest BCUT2D eigenvalue weighted by molar-refractivity contribution is 5.97. The average Bonchev–Trinajstić information content (AvgIpc) is 2.81. The molecule has 2 heterocycles. The van der Waals surface area contributed by atoms with Crippen LogP contribution in [-0.4, -0.2) is 67.8 Å². The van der Waals surface area contributed by atoms with Gasteiger partial charge in [0.15, 0.2) is 0 Å². The highest BCUT2D eigenvalue weighted by Gasteiger charge is 2.26. The Labute approximate surface area is 195 Å². The largest absolute Gasteiger partial charge is 0.466 e. The number of nitrogens with zero attached hydrogens (tertiary/aromatic N) is 1. The van der Waals surface area contributed by atoms with E-state index in [1.54, 1.807) is 0 Å². The van der Waals surface area contributed by atoms with Gasteiger partial charge >= 0.3 is 5.97 Å². The molecule has 2 amide bonds. The highest BCUT2D eigenvalue weighted by Crippen LogP contribution is 2.23. The van der Waals surface area contributed by atoms with Gasteiger partial charge in [0.25, 0.3) is 5.91 Å². The maximum Gasteiger partial charge on any atom is 0.302 e. The van der Waals surface area contributed by atoms with Crippen LogP contribution in [0.1, 0.15) is 57.4 Å². The number of anilines is 1. The molecule has 1 N–H and O–H groups in total. The van der Waals surface area contributed by atoms with E-state index in [1.165, 1.54) is 6.92 Å². The zero-order chi connectivity index (χ0) is 23.5. The summed E-state index contributed by atoms with van der Waals surface area (Å²) in [5.41, 5.74) is 1.93. The van der Waals surface area contributed by atoms with Gasteiger partial charge in [-0.2, -0.15) is 0 Å². The third kappa shape index (κ3) is 8.44. The Balaban J connectivity index is 1.38. The maximum atomic E-state index is 12.9. The Morgan fingerprint density at radius 2 is 2.00 bits per heavy atom. The number of esters is 1. The average molecular weight is 461 g/mol. The smallest absolute Gasteiger partial charge is 0.302 e. The predicted octanol–water partition coefficient (Wildman–Crippen LogP) is 3.09. The molecule has 3 rings (SSSR count). The Morgan fingerprint density at radius 3 is 2.79 bits per heavy atom. The van der Waals surface area contributed by atoms with Crippen LogP contribution >= 0.6 is 0 Å². The number of amides is 2. The van der Waals surface area contributed by atoms with Crippen molar-refractivity contribution >= 4 is 23.5 Å². The first-order chi connectivity index (χ1) is 16.0. The summed E-state index contributed by atoms with van der Waals surface area (Å²) in [5, 5.41) is 2.89. The fraction of sp³-hybridized carbons (Fsp3) is 0.640. The number of unbranched alkanes of at least 4 members (excludes halogenated alkanes) is 1. The number of carbonyl (C=O) groups is 3. The first kappa shape index (κ1) is 25.2. The van der Waals surface area contributed by atoms with Crippen LogP contribution < -0.4 is 5.32 Å². The monoisotopic (exact) mass is 460 g/mol. The SMILES string of the molecule is CC(=O)OCCCN(CC1CCCCO1)C(=O)CCCCOC1Cc2ccccc2NC1=O. The summed E-state index contributed by atoms with van der Waals surface area (Å²) in [4.78, 5) is 37.9. The molecule has 1 saturated heterocycles. The van der Waals surface area contributed by atoms with E-state index in [4.69, 9.17) is 14.2 Å². The van der Waals surface area contributed by atoms with Crippen LogP contribution in [0, 0.1) is 0 Å². The van der Waals surface area contributed by atoms with Crippen molar-refractivity contribution in [3.63, 3.8) is 0 Å². The second-order valence-electron chi connectivity index (χ2n) is 8.69. The van der Waals surface area contributed by atoms with E-state index in [9.17, 15) is 14.4 Å². The molecule has 0 aliphatic carbocycles. The number of hydrogen-bond donors (Lipinski definition) is 1. The molecule has 2 unspecified atom stereocenters. The molecule has 0 saturated carbocycles. The van der Waals surface area contributed by atoms with Crippen molar-refractivity contribution < 1.29 is 28.6 Å². The van der Waals surface area contributed by atoms with Crippen molar-refractivity contribution in [2.45, 2.75) is 70.5 Å². The maximum absolute atomic E-state index is 12.9. The molecule has 0 aromatic heterocycles. The van der Waals surface area contributed by atoms with Crippen LogP contribution in [0.25, 0.3) is 0 Å². The van der Waals surface area contributed by atoms with Crippen molar-refractivity contribution in [2.75, 3.05) is 38.2 Å². The van der Waals surface area contributed by atoms with Gasteiger partial charge in [0.1, 0.15) is 6.10 Å². The Hall–Kier alpha value is -2.45.